The SMILES string of the molecule is C[C@H](NP(=O)(Oc1ccc(C(=O)N(C)C)cc1)Oc1ccc([N+](=O)[O-])cc1)C(=O)O. The summed E-state index contributed by atoms with van der Waals surface area (Å²) in [6, 6.07) is 9.09. The van der Waals surface area contributed by atoms with E-state index in [0.717, 1.165) is 12.1 Å². The van der Waals surface area contributed by atoms with Gasteiger partial charge in [0, 0.05) is 31.8 Å². The number of carboxylic acids is 1. The first-order valence-corrected chi connectivity index (χ1v) is 10.1. The second-order valence-electron chi connectivity index (χ2n) is 6.34. The number of carboxylic acid groups (broad SMARTS) is 1. The summed E-state index contributed by atoms with van der Waals surface area (Å²) in [5.74, 6) is -1.52. The van der Waals surface area contributed by atoms with Gasteiger partial charge in [0.1, 0.15) is 17.5 Å². The van der Waals surface area contributed by atoms with Crippen LogP contribution < -0.4 is 14.1 Å². The summed E-state index contributed by atoms with van der Waals surface area (Å²) >= 11 is 0. The fourth-order valence-electron chi connectivity index (χ4n) is 2.19. The minimum absolute atomic E-state index is 0.0339. The van der Waals surface area contributed by atoms with Crippen molar-refractivity contribution in [3.05, 3.63) is 64.2 Å². The zero-order valence-electron chi connectivity index (χ0n) is 16.3. The molecule has 0 spiro atoms. The Labute approximate surface area is 172 Å². The Balaban J connectivity index is 2.27. The molecule has 11 nitrogen and oxygen atoms in total. The van der Waals surface area contributed by atoms with E-state index in [-0.39, 0.29) is 23.1 Å². The average Bonchev–Trinajstić information content (AvgIpc) is 2.68. The lowest BCUT2D eigenvalue weighted by molar-refractivity contribution is -0.384. The number of carbonyl (C=O) groups is 2. The molecule has 0 aliphatic heterocycles. The molecule has 160 valence electrons. The van der Waals surface area contributed by atoms with Crippen LogP contribution in [0.5, 0.6) is 11.5 Å². The molecular formula is C18H20N3O8P. The molecule has 12 heteroatoms. The van der Waals surface area contributed by atoms with Gasteiger partial charge < -0.3 is 19.1 Å². The summed E-state index contributed by atoms with van der Waals surface area (Å²) in [6.45, 7) is 1.25. The van der Waals surface area contributed by atoms with E-state index >= 15 is 0 Å². The fraction of sp³-hybridized carbons (Fsp3) is 0.222. The number of rotatable bonds is 9. The van der Waals surface area contributed by atoms with Gasteiger partial charge in [-0.1, -0.05) is 0 Å². The molecule has 2 aromatic rings. The molecule has 1 unspecified atom stereocenters. The van der Waals surface area contributed by atoms with Gasteiger partial charge in [0.05, 0.1) is 4.92 Å². The van der Waals surface area contributed by atoms with E-state index in [1.807, 2.05) is 0 Å². The van der Waals surface area contributed by atoms with Crippen LogP contribution in [0.2, 0.25) is 0 Å². The summed E-state index contributed by atoms with van der Waals surface area (Å²) < 4.78 is 23.9. The number of amides is 1. The molecule has 0 aliphatic carbocycles. The van der Waals surface area contributed by atoms with Crippen LogP contribution >= 0.6 is 7.75 Å². The molecule has 0 bridgehead atoms. The third-order valence-corrected chi connectivity index (χ3v) is 5.33. The molecule has 2 rings (SSSR count). The first kappa shape index (κ1) is 22.9. The van der Waals surface area contributed by atoms with E-state index < -0.39 is 24.7 Å². The van der Waals surface area contributed by atoms with Gasteiger partial charge >= 0.3 is 13.7 Å². The van der Waals surface area contributed by atoms with Crippen LogP contribution in [0.4, 0.5) is 5.69 Å². The molecular weight excluding hydrogens is 417 g/mol. The average molecular weight is 437 g/mol. The minimum Gasteiger partial charge on any atom is -0.480 e. The van der Waals surface area contributed by atoms with Crippen LogP contribution in [0.3, 0.4) is 0 Å². The van der Waals surface area contributed by atoms with Gasteiger partial charge in [0.15, 0.2) is 0 Å². The van der Waals surface area contributed by atoms with Gasteiger partial charge in [-0.05, 0) is 43.3 Å². The van der Waals surface area contributed by atoms with Crippen LogP contribution in [-0.4, -0.2) is 46.9 Å². The molecule has 0 heterocycles. The van der Waals surface area contributed by atoms with Gasteiger partial charge in [-0.15, -0.1) is 0 Å². The lowest BCUT2D eigenvalue weighted by Gasteiger charge is -2.22. The predicted octanol–water partition coefficient (Wildman–Crippen LogP) is 2.93. The molecule has 0 aliphatic rings. The van der Waals surface area contributed by atoms with Gasteiger partial charge in [0.25, 0.3) is 11.6 Å². The molecule has 2 N–H and O–H groups in total. The van der Waals surface area contributed by atoms with Crippen LogP contribution in [-0.2, 0) is 9.36 Å². The number of carbonyl (C=O) groups excluding carboxylic acids is 1. The van der Waals surface area contributed by atoms with Crippen LogP contribution in [0.25, 0.3) is 0 Å². The molecule has 0 radical (unpaired) electrons. The van der Waals surface area contributed by atoms with Crippen molar-refractivity contribution in [2.45, 2.75) is 13.0 Å². The molecule has 0 fully saturated rings. The quantitative estimate of drug-likeness (QED) is 0.343. The molecule has 2 aromatic carbocycles. The first-order chi connectivity index (χ1) is 14.0. The first-order valence-electron chi connectivity index (χ1n) is 8.57. The van der Waals surface area contributed by atoms with E-state index in [1.165, 1.54) is 48.2 Å². The second-order valence-corrected chi connectivity index (χ2v) is 7.96. The van der Waals surface area contributed by atoms with Crippen LogP contribution in [0.15, 0.2) is 48.5 Å². The topological polar surface area (TPSA) is 148 Å². The number of benzene rings is 2. The van der Waals surface area contributed by atoms with E-state index in [2.05, 4.69) is 5.09 Å². The lowest BCUT2D eigenvalue weighted by atomic mass is 10.2. The number of aliphatic carboxylic acids is 1. The second kappa shape index (κ2) is 9.38. The number of hydrogen-bond donors (Lipinski definition) is 2. The highest BCUT2D eigenvalue weighted by atomic mass is 31.2. The Morgan fingerprint density at radius 2 is 1.53 bits per heavy atom. The van der Waals surface area contributed by atoms with Crippen LogP contribution in [0, 0.1) is 10.1 Å². The highest BCUT2D eigenvalue weighted by Crippen LogP contribution is 2.45. The Bertz CT molecular complexity index is 976. The molecule has 2 atom stereocenters. The molecule has 0 aromatic heterocycles. The largest absolute Gasteiger partial charge is 0.513 e. The maximum absolute atomic E-state index is 13.2. The van der Waals surface area contributed by atoms with Gasteiger partial charge in [-0.2, -0.15) is 5.09 Å². The summed E-state index contributed by atoms with van der Waals surface area (Å²) in [6.07, 6.45) is 0. The number of hydrogen-bond acceptors (Lipinski definition) is 7. The van der Waals surface area contributed by atoms with Gasteiger partial charge in [-0.25, -0.2) is 4.57 Å². The Kier molecular flexibility index (Phi) is 7.14. The van der Waals surface area contributed by atoms with Gasteiger partial charge in [0.2, 0.25) is 0 Å². The standard InChI is InChI=1S/C18H20N3O8P/c1-12(18(23)24)19-30(27,29-16-10-6-14(7-11-16)21(25)26)28-15-8-4-13(5-9-15)17(22)20(2)3/h4-12H,1-3H3,(H,19,27)(H,23,24)/t12-,30?/m0/s1. The summed E-state index contributed by atoms with van der Waals surface area (Å²) in [5.41, 5.74) is 0.163. The zero-order valence-corrected chi connectivity index (χ0v) is 17.2. The molecule has 30 heavy (non-hydrogen) atoms. The maximum atomic E-state index is 13.2. The van der Waals surface area contributed by atoms with Crippen molar-refractivity contribution in [3.63, 3.8) is 0 Å². The van der Waals surface area contributed by atoms with Crippen molar-refractivity contribution in [2.75, 3.05) is 14.1 Å². The predicted molar refractivity (Wildman–Crippen MR) is 107 cm³/mol. The van der Waals surface area contributed by atoms with Crippen molar-refractivity contribution >= 4 is 25.3 Å². The van der Waals surface area contributed by atoms with Crippen molar-refractivity contribution in [2.24, 2.45) is 0 Å². The molecule has 0 saturated heterocycles. The molecule has 1 amide bonds. The fourth-order valence-corrected chi connectivity index (χ4v) is 3.71. The van der Waals surface area contributed by atoms with Crippen molar-refractivity contribution < 1.29 is 33.2 Å². The summed E-state index contributed by atoms with van der Waals surface area (Å²) in [5, 5.41) is 22.2. The van der Waals surface area contributed by atoms with Crippen molar-refractivity contribution in [1.82, 2.24) is 9.99 Å². The van der Waals surface area contributed by atoms with E-state index in [0.29, 0.717) is 5.56 Å². The van der Waals surface area contributed by atoms with E-state index in [9.17, 15) is 24.3 Å². The lowest BCUT2D eigenvalue weighted by Crippen LogP contribution is -2.34. The van der Waals surface area contributed by atoms with Crippen molar-refractivity contribution in [3.8, 4) is 11.5 Å². The van der Waals surface area contributed by atoms with Crippen molar-refractivity contribution in [1.29, 1.82) is 0 Å². The molecule has 0 saturated carbocycles. The zero-order chi connectivity index (χ0) is 22.5. The minimum atomic E-state index is -4.27. The Morgan fingerprint density at radius 3 is 1.93 bits per heavy atom. The Morgan fingerprint density at radius 1 is 1.07 bits per heavy atom. The maximum Gasteiger partial charge on any atom is 0.513 e. The smallest absolute Gasteiger partial charge is 0.480 e. The van der Waals surface area contributed by atoms with E-state index in [4.69, 9.17) is 14.2 Å². The van der Waals surface area contributed by atoms with Crippen LogP contribution in [0.1, 0.15) is 17.3 Å². The number of nitrogens with zero attached hydrogens (tertiary/aromatic N) is 2. The monoisotopic (exact) mass is 437 g/mol. The summed E-state index contributed by atoms with van der Waals surface area (Å²) in [4.78, 5) is 34.7. The Hall–Kier alpha value is -3.43. The number of non-ortho nitro benzene ring substituents is 1. The third kappa shape index (κ3) is 6.03. The number of nitro groups is 1. The highest BCUT2D eigenvalue weighted by Gasteiger charge is 2.33. The third-order valence-electron chi connectivity index (χ3n) is 3.73. The van der Waals surface area contributed by atoms with Gasteiger partial charge in [-0.3, -0.25) is 19.7 Å². The number of nitrogens with one attached hydrogen (secondary N) is 1. The highest BCUT2D eigenvalue weighted by molar-refractivity contribution is 7.52. The number of nitro benzene ring substituents is 1. The van der Waals surface area contributed by atoms with E-state index in [1.54, 1.807) is 14.1 Å². The normalized spacial score (nSPS) is 13.6. The summed E-state index contributed by atoms with van der Waals surface area (Å²) in [7, 11) is -1.08.